The zero-order chi connectivity index (χ0) is 10.7. The highest BCUT2D eigenvalue weighted by molar-refractivity contribution is 7.11. The summed E-state index contributed by atoms with van der Waals surface area (Å²) < 4.78 is 0. The minimum Gasteiger partial charge on any atom is -0.387 e. The van der Waals surface area contributed by atoms with Crippen LogP contribution in [-0.4, -0.2) is 10.1 Å². The number of hydrogen-bond acceptors (Lipinski definition) is 3. The van der Waals surface area contributed by atoms with Gasteiger partial charge in [-0.1, -0.05) is 5.57 Å². The Balaban J connectivity index is 2.64. The minimum absolute atomic E-state index is 0.377. The van der Waals surface area contributed by atoms with Gasteiger partial charge in [0.25, 0.3) is 0 Å². The second-order valence-electron chi connectivity index (χ2n) is 3.69. The Morgan fingerprint density at radius 1 is 1.57 bits per heavy atom. The molecule has 14 heavy (non-hydrogen) atoms. The number of aromatic nitrogens is 1. The molecule has 0 amide bonds. The molecule has 1 heterocycles. The van der Waals surface area contributed by atoms with Crippen molar-refractivity contribution in [3.05, 3.63) is 27.7 Å². The average Bonchev–Trinajstić information content (AvgIpc) is 2.41. The lowest BCUT2D eigenvalue weighted by Crippen LogP contribution is -1.97. The predicted octanol–water partition coefficient (Wildman–Crippen LogP) is 3.15. The van der Waals surface area contributed by atoms with Gasteiger partial charge in [0.15, 0.2) is 0 Å². The lowest BCUT2D eigenvalue weighted by molar-refractivity contribution is 0.170. The molecule has 0 saturated carbocycles. The van der Waals surface area contributed by atoms with E-state index in [-0.39, 0.29) is 6.10 Å². The zero-order valence-electron chi connectivity index (χ0n) is 9.00. The maximum Gasteiger partial charge on any atom is 0.0903 e. The molecule has 0 aromatic carbocycles. The van der Waals surface area contributed by atoms with Gasteiger partial charge in [-0.3, -0.25) is 0 Å². The molecule has 78 valence electrons. The molecule has 0 aliphatic heterocycles. The number of aryl methyl sites for hydroxylation is 2. The standard InChI is InChI=1S/C11H17NOS/c1-7(2)5-6-10(13)11-8(3)12-9(4)14-11/h10,13H,1,5-6H2,2-4H3. The van der Waals surface area contributed by atoms with E-state index in [0.717, 1.165) is 34.0 Å². The summed E-state index contributed by atoms with van der Waals surface area (Å²) in [6, 6.07) is 0. The molecular formula is C11H17NOS. The normalized spacial score (nSPS) is 12.9. The summed E-state index contributed by atoms with van der Waals surface area (Å²) in [5, 5.41) is 10.9. The molecule has 1 rings (SSSR count). The van der Waals surface area contributed by atoms with E-state index in [1.807, 2.05) is 20.8 Å². The third-order valence-corrected chi connectivity index (χ3v) is 3.26. The van der Waals surface area contributed by atoms with Crippen LogP contribution in [0.15, 0.2) is 12.2 Å². The first-order valence-electron chi connectivity index (χ1n) is 4.77. The van der Waals surface area contributed by atoms with Crippen molar-refractivity contribution >= 4 is 11.3 Å². The fourth-order valence-electron chi connectivity index (χ4n) is 1.37. The van der Waals surface area contributed by atoms with Gasteiger partial charge in [-0.25, -0.2) is 4.98 Å². The molecule has 1 N–H and O–H groups in total. The molecule has 0 spiro atoms. The quantitative estimate of drug-likeness (QED) is 0.776. The fraction of sp³-hybridized carbons (Fsp3) is 0.545. The first-order valence-corrected chi connectivity index (χ1v) is 5.58. The van der Waals surface area contributed by atoms with Gasteiger partial charge < -0.3 is 5.11 Å². The molecule has 0 radical (unpaired) electrons. The molecule has 2 nitrogen and oxygen atoms in total. The van der Waals surface area contributed by atoms with E-state index in [1.165, 1.54) is 0 Å². The highest BCUT2D eigenvalue weighted by Gasteiger charge is 2.14. The van der Waals surface area contributed by atoms with Crippen molar-refractivity contribution in [2.45, 2.75) is 39.7 Å². The summed E-state index contributed by atoms with van der Waals surface area (Å²) in [5.74, 6) is 0. The maximum absolute atomic E-state index is 9.89. The SMILES string of the molecule is C=C(C)CCC(O)c1sc(C)nc1C. The molecule has 0 fully saturated rings. The summed E-state index contributed by atoms with van der Waals surface area (Å²) in [6.45, 7) is 9.72. The predicted molar refractivity (Wildman–Crippen MR) is 60.6 cm³/mol. The molecular weight excluding hydrogens is 194 g/mol. The Hall–Kier alpha value is -0.670. The number of aliphatic hydroxyl groups is 1. The Morgan fingerprint density at radius 3 is 2.64 bits per heavy atom. The van der Waals surface area contributed by atoms with E-state index in [9.17, 15) is 5.11 Å². The van der Waals surface area contributed by atoms with Crippen molar-refractivity contribution in [1.82, 2.24) is 4.98 Å². The second-order valence-corrected chi connectivity index (χ2v) is 4.93. The van der Waals surface area contributed by atoms with Gasteiger partial charge in [0.05, 0.1) is 21.7 Å². The number of thiazole rings is 1. The van der Waals surface area contributed by atoms with Crippen LogP contribution >= 0.6 is 11.3 Å². The Bertz CT molecular complexity index is 330. The number of nitrogens with zero attached hydrogens (tertiary/aromatic N) is 1. The highest BCUT2D eigenvalue weighted by Crippen LogP contribution is 2.28. The van der Waals surface area contributed by atoms with Gasteiger partial charge in [0, 0.05) is 0 Å². The summed E-state index contributed by atoms with van der Waals surface area (Å²) in [4.78, 5) is 5.30. The Kier molecular flexibility index (Phi) is 3.84. The van der Waals surface area contributed by atoms with Crippen LogP contribution < -0.4 is 0 Å². The molecule has 3 heteroatoms. The average molecular weight is 211 g/mol. The van der Waals surface area contributed by atoms with Crippen molar-refractivity contribution in [3.8, 4) is 0 Å². The smallest absolute Gasteiger partial charge is 0.0903 e. The summed E-state index contributed by atoms with van der Waals surface area (Å²) >= 11 is 1.58. The molecule has 1 unspecified atom stereocenters. The topological polar surface area (TPSA) is 33.1 Å². The minimum atomic E-state index is -0.377. The Morgan fingerprint density at radius 2 is 2.21 bits per heavy atom. The van der Waals surface area contributed by atoms with Crippen LogP contribution in [0.5, 0.6) is 0 Å². The van der Waals surface area contributed by atoms with E-state index in [4.69, 9.17) is 0 Å². The van der Waals surface area contributed by atoms with Crippen molar-refractivity contribution in [3.63, 3.8) is 0 Å². The highest BCUT2D eigenvalue weighted by atomic mass is 32.1. The first-order chi connectivity index (χ1) is 6.50. The summed E-state index contributed by atoms with van der Waals surface area (Å²) in [6.07, 6.45) is 1.24. The molecule has 0 aliphatic carbocycles. The van der Waals surface area contributed by atoms with E-state index >= 15 is 0 Å². The molecule has 1 aromatic rings. The van der Waals surface area contributed by atoms with Gasteiger partial charge in [-0.2, -0.15) is 0 Å². The van der Waals surface area contributed by atoms with Gasteiger partial charge in [-0.05, 0) is 33.6 Å². The summed E-state index contributed by atoms with van der Waals surface area (Å²) in [5.41, 5.74) is 2.07. The first kappa shape index (κ1) is 11.4. The van der Waals surface area contributed by atoms with Crippen LogP contribution in [-0.2, 0) is 0 Å². The third kappa shape index (κ3) is 2.93. The molecule has 1 aromatic heterocycles. The monoisotopic (exact) mass is 211 g/mol. The van der Waals surface area contributed by atoms with E-state index in [2.05, 4.69) is 11.6 Å². The lowest BCUT2D eigenvalue weighted by Gasteiger charge is -2.08. The van der Waals surface area contributed by atoms with Gasteiger partial charge in [-0.15, -0.1) is 17.9 Å². The van der Waals surface area contributed by atoms with E-state index in [0.29, 0.717) is 0 Å². The van der Waals surface area contributed by atoms with Crippen LogP contribution in [0.1, 0.15) is 41.4 Å². The fourth-order valence-corrected chi connectivity index (χ4v) is 2.32. The van der Waals surface area contributed by atoms with Crippen LogP contribution in [0.2, 0.25) is 0 Å². The number of aliphatic hydroxyl groups excluding tert-OH is 1. The van der Waals surface area contributed by atoms with Crippen LogP contribution in [0.3, 0.4) is 0 Å². The molecule has 0 aliphatic rings. The second kappa shape index (κ2) is 4.71. The number of hydrogen-bond donors (Lipinski definition) is 1. The third-order valence-electron chi connectivity index (χ3n) is 2.09. The van der Waals surface area contributed by atoms with Crippen molar-refractivity contribution in [2.75, 3.05) is 0 Å². The molecule has 1 atom stereocenters. The Labute approximate surface area is 89.3 Å². The van der Waals surface area contributed by atoms with E-state index < -0.39 is 0 Å². The van der Waals surface area contributed by atoms with Gasteiger partial charge >= 0.3 is 0 Å². The van der Waals surface area contributed by atoms with Crippen LogP contribution in [0.4, 0.5) is 0 Å². The van der Waals surface area contributed by atoms with Gasteiger partial charge in [0.1, 0.15) is 0 Å². The van der Waals surface area contributed by atoms with Crippen LogP contribution in [0, 0.1) is 13.8 Å². The van der Waals surface area contributed by atoms with Gasteiger partial charge in [0.2, 0.25) is 0 Å². The molecule has 0 bridgehead atoms. The van der Waals surface area contributed by atoms with Crippen molar-refractivity contribution < 1.29 is 5.11 Å². The van der Waals surface area contributed by atoms with Crippen LogP contribution in [0.25, 0.3) is 0 Å². The largest absolute Gasteiger partial charge is 0.387 e. The maximum atomic E-state index is 9.89. The number of allylic oxidation sites excluding steroid dienone is 1. The van der Waals surface area contributed by atoms with Crippen molar-refractivity contribution in [1.29, 1.82) is 0 Å². The lowest BCUT2D eigenvalue weighted by atomic mass is 10.1. The summed E-state index contributed by atoms with van der Waals surface area (Å²) in [7, 11) is 0. The van der Waals surface area contributed by atoms with E-state index in [1.54, 1.807) is 11.3 Å². The molecule has 0 saturated heterocycles. The van der Waals surface area contributed by atoms with Crippen molar-refractivity contribution in [2.24, 2.45) is 0 Å². The number of rotatable bonds is 4. The zero-order valence-corrected chi connectivity index (χ0v) is 9.82.